The number of amides is 1. The van der Waals surface area contributed by atoms with Crippen LogP contribution in [0.25, 0.3) is 0 Å². The smallest absolute Gasteiger partial charge is 0.261 e. The minimum absolute atomic E-state index is 0.0184. The predicted octanol–water partition coefficient (Wildman–Crippen LogP) is 3.14. The number of hydrogen-bond donors (Lipinski definition) is 2. The standard InChI is InChI=1S/C21H24N2O3S/c1-22-20(24)21(12-13-21)17-7-9-18(10-8-17)23-27(25,26)19-11-6-15-4-2-3-5-16(15)14-19/h6-11,14,23H,2-5,12-13H2,1H3,(H,22,24). The molecule has 5 nitrogen and oxygen atoms in total. The number of aryl methyl sites for hydroxylation is 2. The maximum absolute atomic E-state index is 12.8. The first-order valence-corrected chi connectivity index (χ1v) is 10.9. The van der Waals surface area contributed by atoms with Crippen molar-refractivity contribution in [3.05, 3.63) is 59.2 Å². The van der Waals surface area contributed by atoms with E-state index in [-0.39, 0.29) is 5.91 Å². The van der Waals surface area contributed by atoms with Crippen LogP contribution < -0.4 is 10.0 Å². The van der Waals surface area contributed by atoms with E-state index in [4.69, 9.17) is 0 Å². The molecule has 0 saturated heterocycles. The maximum Gasteiger partial charge on any atom is 0.261 e. The first kappa shape index (κ1) is 18.0. The van der Waals surface area contributed by atoms with E-state index >= 15 is 0 Å². The van der Waals surface area contributed by atoms with Crippen molar-refractivity contribution in [3.63, 3.8) is 0 Å². The molecule has 2 aromatic rings. The summed E-state index contributed by atoms with van der Waals surface area (Å²) in [5.41, 5.74) is 3.39. The van der Waals surface area contributed by atoms with Crippen LogP contribution in [0.5, 0.6) is 0 Å². The molecule has 0 atom stereocenters. The van der Waals surface area contributed by atoms with Gasteiger partial charge < -0.3 is 5.32 Å². The number of anilines is 1. The average molecular weight is 385 g/mol. The molecule has 2 aromatic carbocycles. The van der Waals surface area contributed by atoms with Crippen LogP contribution in [0.15, 0.2) is 47.4 Å². The second kappa shape index (κ2) is 6.68. The summed E-state index contributed by atoms with van der Waals surface area (Å²) in [6.07, 6.45) is 5.89. The SMILES string of the molecule is CNC(=O)C1(c2ccc(NS(=O)(=O)c3ccc4c(c3)CCCC4)cc2)CC1. The lowest BCUT2D eigenvalue weighted by Crippen LogP contribution is -2.31. The summed E-state index contributed by atoms with van der Waals surface area (Å²) >= 11 is 0. The fraction of sp³-hybridized carbons (Fsp3) is 0.381. The topological polar surface area (TPSA) is 75.3 Å². The Balaban J connectivity index is 1.54. The molecule has 2 N–H and O–H groups in total. The Morgan fingerprint density at radius 2 is 1.63 bits per heavy atom. The number of fused-ring (bicyclic) bond motifs is 1. The van der Waals surface area contributed by atoms with Crippen molar-refractivity contribution >= 4 is 21.6 Å². The Kier molecular flexibility index (Phi) is 4.46. The summed E-state index contributed by atoms with van der Waals surface area (Å²) in [5.74, 6) is 0.0184. The van der Waals surface area contributed by atoms with Gasteiger partial charge in [-0.2, -0.15) is 0 Å². The van der Waals surface area contributed by atoms with Gasteiger partial charge >= 0.3 is 0 Å². The van der Waals surface area contributed by atoms with Crippen LogP contribution in [0, 0.1) is 0 Å². The van der Waals surface area contributed by atoms with Gasteiger partial charge in [0.1, 0.15) is 0 Å². The highest BCUT2D eigenvalue weighted by Gasteiger charge is 2.50. The molecular formula is C21H24N2O3S. The fourth-order valence-corrected chi connectivity index (χ4v) is 5.07. The van der Waals surface area contributed by atoms with E-state index in [0.29, 0.717) is 10.6 Å². The van der Waals surface area contributed by atoms with Crippen LogP contribution in [0.2, 0.25) is 0 Å². The number of hydrogen-bond acceptors (Lipinski definition) is 3. The van der Waals surface area contributed by atoms with Crippen molar-refractivity contribution in [2.45, 2.75) is 48.8 Å². The summed E-state index contributed by atoms with van der Waals surface area (Å²) in [4.78, 5) is 12.4. The third kappa shape index (κ3) is 3.34. The Hall–Kier alpha value is -2.34. The minimum Gasteiger partial charge on any atom is -0.358 e. The van der Waals surface area contributed by atoms with Gasteiger partial charge in [-0.1, -0.05) is 18.2 Å². The number of carbonyl (C=O) groups is 1. The van der Waals surface area contributed by atoms with Crippen molar-refractivity contribution in [2.75, 3.05) is 11.8 Å². The summed E-state index contributed by atoms with van der Waals surface area (Å²) < 4.78 is 28.2. The fourth-order valence-electron chi connectivity index (χ4n) is 3.96. The molecule has 2 aliphatic carbocycles. The highest BCUT2D eigenvalue weighted by Crippen LogP contribution is 2.48. The number of nitrogens with one attached hydrogen (secondary N) is 2. The number of benzene rings is 2. The van der Waals surface area contributed by atoms with Crippen molar-refractivity contribution in [2.24, 2.45) is 0 Å². The molecule has 1 fully saturated rings. The predicted molar refractivity (Wildman–Crippen MR) is 105 cm³/mol. The Labute approximate surface area is 160 Å². The van der Waals surface area contributed by atoms with Crippen molar-refractivity contribution in [1.82, 2.24) is 5.32 Å². The molecule has 0 unspecified atom stereocenters. The normalized spacial score (nSPS) is 17.7. The van der Waals surface area contributed by atoms with Crippen molar-refractivity contribution in [1.29, 1.82) is 0 Å². The largest absolute Gasteiger partial charge is 0.358 e. The van der Waals surface area contributed by atoms with E-state index in [0.717, 1.165) is 43.2 Å². The van der Waals surface area contributed by atoms with Crippen molar-refractivity contribution < 1.29 is 13.2 Å². The van der Waals surface area contributed by atoms with E-state index in [1.807, 2.05) is 18.2 Å². The lowest BCUT2D eigenvalue weighted by atomic mass is 9.92. The van der Waals surface area contributed by atoms with Gasteiger partial charge in [-0.15, -0.1) is 0 Å². The molecule has 0 aromatic heterocycles. The molecule has 0 aliphatic heterocycles. The maximum atomic E-state index is 12.8. The van der Waals surface area contributed by atoms with Crippen LogP contribution in [-0.2, 0) is 33.1 Å². The Bertz CT molecular complexity index is 977. The quantitative estimate of drug-likeness (QED) is 0.832. The number of rotatable bonds is 5. The molecule has 1 saturated carbocycles. The Morgan fingerprint density at radius 1 is 0.963 bits per heavy atom. The zero-order valence-electron chi connectivity index (χ0n) is 15.4. The molecule has 0 heterocycles. The van der Waals surface area contributed by atoms with Gasteiger partial charge in [0, 0.05) is 12.7 Å². The van der Waals surface area contributed by atoms with E-state index in [9.17, 15) is 13.2 Å². The van der Waals surface area contributed by atoms with Gasteiger partial charge in [0.2, 0.25) is 5.91 Å². The van der Waals surface area contributed by atoms with Gasteiger partial charge in [-0.3, -0.25) is 9.52 Å². The van der Waals surface area contributed by atoms with E-state index in [1.54, 1.807) is 31.3 Å². The summed E-state index contributed by atoms with van der Waals surface area (Å²) in [6.45, 7) is 0. The Morgan fingerprint density at radius 3 is 2.26 bits per heavy atom. The lowest BCUT2D eigenvalue weighted by Gasteiger charge is -2.17. The molecule has 27 heavy (non-hydrogen) atoms. The molecule has 0 radical (unpaired) electrons. The van der Waals surface area contributed by atoms with Crippen LogP contribution in [0.1, 0.15) is 42.4 Å². The number of carbonyl (C=O) groups excluding carboxylic acids is 1. The van der Waals surface area contributed by atoms with Crippen LogP contribution >= 0.6 is 0 Å². The third-order valence-corrected chi connectivity index (χ3v) is 7.11. The van der Waals surface area contributed by atoms with Crippen molar-refractivity contribution in [3.8, 4) is 0 Å². The zero-order valence-corrected chi connectivity index (χ0v) is 16.2. The van der Waals surface area contributed by atoms with Gasteiger partial charge in [-0.05, 0) is 79.5 Å². The number of likely N-dealkylation sites (N-methyl/N-ethyl adjacent to an activating group) is 1. The van der Waals surface area contributed by atoms with Gasteiger partial charge in [0.15, 0.2) is 0 Å². The van der Waals surface area contributed by atoms with Gasteiger partial charge in [0.05, 0.1) is 10.3 Å². The van der Waals surface area contributed by atoms with Crippen LogP contribution in [0.4, 0.5) is 5.69 Å². The first-order valence-electron chi connectivity index (χ1n) is 9.42. The number of sulfonamides is 1. The highest BCUT2D eigenvalue weighted by molar-refractivity contribution is 7.92. The molecule has 142 valence electrons. The molecule has 2 aliphatic rings. The minimum atomic E-state index is -3.63. The molecular weight excluding hydrogens is 360 g/mol. The van der Waals surface area contributed by atoms with Gasteiger partial charge in [-0.25, -0.2) is 8.42 Å². The summed E-state index contributed by atoms with van der Waals surface area (Å²) in [7, 11) is -1.99. The molecule has 1 amide bonds. The van der Waals surface area contributed by atoms with E-state index in [2.05, 4.69) is 10.0 Å². The summed E-state index contributed by atoms with van der Waals surface area (Å²) in [6, 6.07) is 12.6. The second-order valence-electron chi connectivity index (χ2n) is 7.48. The van der Waals surface area contributed by atoms with E-state index in [1.165, 1.54) is 12.0 Å². The highest BCUT2D eigenvalue weighted by atomic mass is 32.2. The van der Waals surface area contributed by atoms with Gasteiger partial charge in [0.25, 0.3) is 10.0 Å². The summed E-state index contributed by atoms with van der Waals surface area (Å²) in [5, 5.41) is 2.71. The lowest BCUT2D eigenvalue weighted by molar-refractivity contribution is -0.123. The molecule has 0 bridgehead atoms. The average Bonchev–Trinajstić information content (AvgIpc) is 3.49. The third-order valence-electron chi connectivity index (χ3n) is 5.73. The molecule has 6 heteroatoms. The zero-order chi connectivity index (χ0) is 19.1. The second-order valence-corrected chi connectivity index (χ2v) is 9.16. The van der Waals surface area contributed by atoms with Crippen LogP contribution in [-0.4, -0.2) is 21.4 Å². The monoisotopic (exact) mass is 384 g/mol. The van der Waals surface area contributed by atoms with E-state index < -0.39 is 15.4 Å². The molecule has 4 rings (SSSR count). The first-order chi connectivity index (χ1) is 12.9. The molecule has 0 spiro atoms. The van der Waals surface area contributed by atoms with Crippen LogP contribution in [0.3, 0.4) is 0 Å².